The molecule has 2 heterocycles. The van der Waals surface area contributed by atoms with E-state index >= 15 is 0 Å². The second-order valence-corrected chi connectivity index (χ2v) is 9.80. The van der Waals surface area contributed by atoms with Gasteiger partial charge < -0.3 is 9.84 Å². The van der Waals surface area contributed by atoms with Crippen LogP contribution in [0.4, 0.5) is 4.39 Å². The topological polar surface area (TPSA) is 29.5 Å². The lowest BCUT2D eigenvalue weighted by molar-refractivity contribution is -0.0119. The van der Waals surface area contributed by atoms with E-state index in [-0.39, 0.29) is 24.4 Å². The van der Waals surface area contributed by atoms with E-state index in [1.807, 2.05) is 12.1 Å². The van der Waals surface area contributed by atoms with Crippen molar-refractivity contribution in [3.8, 4) is 10.4 Å². The Kier molecular flexibility index (Phi) is 6.22. The third-order valence-corrected chi connectivity index (χ3v) is 7.71. The van der Waals surface area contributed by atoms with Gasteiger partial charge >= 0.3 is 0 Å². The third kappa shape index (κ3) is 4.52. The Morgan fingerprint density at radius 3 is 2.75 bits per heavy atom. The highest BCUT2D eigenvalue weighted by atomic mass is 32.1. The summed E-state index contributed by atoms with van der Waals surface area (Å²) in [6, 6.07) is 17.6. The molecule has 0 radical (unpaired) electrons. The van der Waals surface area contributed by atoms with E-state index in [1.165, 1.54) is 33.7 Å². The number of aliphatic hydroxyl groups excluding tert-OH is 1. The first-order valence-corrected chi connectivity index (χ1v) is 11.7. The molecule has 2 nitrogen and oxygen atoms in total. The SMILES string of the molecule is Cc1ccc(C2OC(CO)CCP2)cc1Cc1ccc(-c2ccc(F)cc2)s1. The molecule has 1 N–H and O–H groups in total. The highest BCUT2D eigenvalue weighted by Crippen LogP contribution is 2.42. The maximum Gasteiger partial charge on any atom is 0.123 e. The van der Waals surface area contributed by atoms with Gasteiger partial charge in [0.15, 0.2) is 0 Å². The minimum Gasteiger partial charge on any atom is -0.394 e. The second kappa shape index (κ2) is 8.84. The fraction of sp³-hybridized carbons (Fsp3) is 0.304. The maximum atomic E-state index is 13.2. The van der Waals surface area contributed by atoms with Crippen LogP contribution in [0.5, 0.6) is 0 Å². The van der Waals surface area contributed by atoms with Gasteiger partial charge in [-0.15, -0.1) is 11.3 Å². The van der Waals surface area contributed by atoms with Crippen molar-refractivity contribution in [3.05, 3.63) is 82.0 Å². The van der Waals surface area contributed by atoms with Crippen LogP contribution < -0.4 is 0 Å². The average molecular weight is 414 g/mol. The van der Waals surface area contributed by atoms with E-state index in [9.17, 15) is 9.50 Å². The lowest BCUT2D eigenvalue weighted by Crippen LogP contribution is -2.24. The van der Waals surface area contributed by atoms with E-state index in [2.05, 4.69) is 37.3 Å². The number of aliphatic hydroxyl groups is 1. The van der Waals surface area contributed by atoms with Gasteiger partial charge in [0, 0.05) is 16.2 Å². The Balaban J connectivity index is 1.52. The molecule has 0 amide bonds. The first kappa shape index (κ1) is 19.7. The monoisotopic (exact) mass is 414 g/mol. The molecule has 0 aliphatic carbocycles. The van der Waals surface area contributed by atoms with Gasteiger partial charge in [-0.3, -0.25) is 0 Å². The molecule has 3 unspecified atom stereocenters. The smallest absolute Gasteiger partial charge is 0.123 e. The van der Waals surface area contributed by atoms with Crippen LogP contribution in [0.3, 0.4) is 0 Å². The van der Waals surface area contributed by atoms with Gasteiger partial charge in [0.25, 0.3) is 0 Å². The molecule has 5 heteroatoms. The van der Waals surface area contributed by atoms with Crippen molar-refractivity contribution in [2.24, 2.45) is 0 Å². The van der Waals surface area contributed by atoms with Crippen LogP contribution in [0, 0.1) is 12.7 Å². The predicted octanol–water partition coefficient (Wildman–Crippen LogP) is 5.91. The molecule has 1 aromatic heterocycles. The summed E-state index contributed by atoms with van der Waals surface area (Å²) in [6.07, 6.45) is 2.91. The molecule has 3 atom stereocenters. The molecular formula is C23H24FO2PS. The largest absolute Gasteiger partial charge is 0.394 e. The fourth-order valence-corrected chi connectivity index (χ4v) is 5.98. The first-order valence-electron chi connectivity index (χ1n) is 9.56. The number of ether oxygens (including phenoxy) is 1. The summed E-state index contributed by atoms with van der Waals surface area (Å²) < 4.78 is 19.2. The van der Waals surface area contributed by atoms with Crippen LogP contribution in [0.2, 0.25) is 0 Å². The van der Waals surface area contributed by atoms with Crippen molar-refractivity contribution in [1.29, 1.82) is 0 Å². The molecule has 3 aromatic rings. The number of aryl methyl sites for hydroxylation is 1. The van der Waals surface area contributed by atoms with E-state index < -0.39 is 0 Å². The van der Waals surface area contributed by atoms with Crippen molar-refractivity contribution in [2.45, 2.75) is 31.7 Å². The molecule has 4 rings (SSSR count). The summed E-state index contributed by atoms with van der Waals surface area (Å²) in [6.45, 7) is 2.25. The zero-order chi connectivity index (χ0) is 19.5. The van der Waals surface area contributed by atoms with Crippen LogP contribution in [0.25, 0.3) is 10.4 Å². The summed E-state index contributed by atoms with van der Waals surface area (Å²) >= 11 is 1.76. The van der Waals surface area contributed by atoms with Gasteiger partial charge in [-0.2, -0.15) is 0 Å². The van der Waals surface area contributed by atoms with E-state index in [1.54, 1.807) is 11.3 Å². The number of hydrogen-bond acceptors (Lipinski definition) is 3. The number of halogens is 1. The molecule has 0 bridgehead atoms. The van der Waals surface area contributed by atoms with Gasteiger partial charge in [-0.05, 0) is 66.0 Å². The van der Waals surface area contributed by atoms with Crippen LogP contribution in [0.15, 0.2) is 54.6 Å². The molecule has 1 fully saturated rings. The molecule has 146 valence electrons. The van der Waals surface area contributed by atoms with Crippen molar-refractivity contribution in [2.75, 3.05) is 12.8 Å². The summed E-state index contributed by atoms with van der Waals surface area (Å²) in [5.41, 5.74) is 4.85. The molecule has 2 aromatic carbocycles. The zero-order valence-electron chi connectivity index (χ0n) is 15.8. The highest BCUT2D eigenvalue weighted by Gasteiger charge is 2.23. The normalized spacial score (nSPS) is 20.5. The van der Waals surface area contributed by atoms with Crippen molar-refractivity contribution >= 4 is 19.9 Å². The summed E-state index contributed by atoms with van der Waals surface area (Å²) in [5, 5.41) is 9.42. The van der Waals surface area contributed by atoms with Crippen molar-refractivity contribution < 1.29 is 14.2 Å². The van der Waals surface area contributed by atoms with Gasteiger partial charge in [-0.25, -0.2) is 4.39 Å². The summed E-state index contributed by atoms with van der Waals surface area (Å²) in [5.74, 6) is -0.106. The van der Waals surface area contributed by atoms with E-state index in [0.29, 0.717) is 0 Å². The molecule has 28 heavy (non-hydrogen) atoms. The molecule has 0 spiro atoms. The third-order valence-electron chi connectivity index (χ3n) is 5.16. The summed E-state index contributed by atoms with van der Waals surface area (Å²) in [4.78, 5) is 2.45. The molecular weight excluding hydrogens is 390 g/mol. The van der Waals surface area contributed by atoms with E-state index in [4.69, 9.17) is 4.74 Å². The van der Waals surface area contributed by atoms with Gasteiger partial charge in [-0.1, -0.05) is 38.9 Å². The minimum absolute atomic E-state index is 0.0356. The van der Waals surface area contributed by atoms with Crippen molar-refractivity contribution in [1.82, 2.24) is 0 Å². The number of thiophene rings is 1. The Labute approximate surface area is 171 Å². The second-order valence-electron chi connectivity index (χ2n) is 7.20. The fourth-order valence-electron chi connectivity index (χ4n) is 3.49. The van der Waals surface area contributed by atoms with Crippen LogP contribution >= 0.6 is 19.9 Å². The predicted molar refractivity (Wildman–Crippen MR) is 116 cm³/mol. The molecule has 1 saturated heterocycles. The Bertz CT molecular complexity index is 938. The van der Waals surface area contributed by atoms with Crippen molar-refractivity contribution in [3.63, 3.8) is 0 Å². The number of rotatable bonds is 5. The Morgan fingerprint density at radius 2 is 1.96 bits per heavy atom. The molecule has 1 aliphatic rings. The maximum absolute atomic E-state index is 13.2. The summed E-state index contributed by atoms with van der Waals surface area (Å²) in [7, 11) is 0.743. The Morgan fingerprint density at radius 1 is 1.14 bits per heavy atom. The van der Waals surface area contributed by atoms with Gasteiger partial charge in [0.05, 0.1) is 18.6 Å². The average Bonchev–Trinajstić information content (AvgIpc) is 3.19. The van der Waals surface area contributed by atoms with Gasteiger partial charge in [0.1, 0.15) is 5.82 Å². The molecule has 1 aliphatic heterocycles. The standard InChI is InChI=1S/C23H24FO2PS/c1-15-2-3-17(23-26-20(14-25)10-11-27-23)12-18(15)13-21-8-9-22(28-21)16-4-6-19(24)7-5-16/h2-9,12,20,23,25,27H,10-11,13-14H2,1H3. The van der Waals surface area contributed by atoms with Crippen LogP contribution in [-0.2, 0) is 11.2 Å². The lowest BCUT2D eigenvalue weighted by Gasteiger charge is -2.29. The Hall–Kier alpha value is -1.58. The quantitative estimate of drug-likeness (QED) is 0.526. The van der Waals surface area contributed by atoms with Gasteiger partial charge in [0.2, 0.25) is 0 Å². The number of benzene rings is 2. The first-order chi connectivity index (χ1) is 13.6. The van der Waals surface area contributed by atoms with E-state index in [0.717, 1.165) is 38.0 Å². The zero-order valence-corrected chi connectivity index (χ0v) is 17.6. The minimum atomic E-state index is -0.206. The van der Waals surface area contributed by atoms with Crippen LogP contribution in [0.1, 0.15) is 33.8 Å². The lowest BCUT2D eigenvalue weighted by atomic mass is 10.0. The molecule has 0 saturated carbocycles. The highest BCUT2D eigenvalue weighted by molar-refractivity contribution is 7.38. The number of hydrogen-bond donors (Lipinski definition) is 1. The van der Waals surface area contributed by atoms with Crippen LogP contribution in [-0.4, -0.2) is 24.0 Å².